The molecule has 0 spiro atoms. The number of imidazole rings is 1. The van der Waals surface area contributed by atoms with Crippen LogP contribution >= 0.6 is 23.2 Å². The van der Waals surface area contributed by atoms with E-state index in [9.17, 15) is 9.59 Å². The lowest BCUT2D eigenvalue weighted by Crippen LogP contribution is -2.44. The highest BCUT2D eigenvalue weighted by Gasteiger charge is 2.35. The number of hydrogen-bond acceptors (Lipinski definition) is 8. The summed E-state index contributed by atoms with van der Waals surface area (Å²) >= 11 is 12.8. The van der Waals surface area contributed by atoms with Gasteiger partial charge >= 0.3 is 12.2 Å². The van der Waals surface area contributed by atoms with E-state index in [2.05, 4.69) is 21.5 Å². The number of aromatic nitrogens is 4. The van der Waals surface area contributed by atoms with Crippen LogP contribution in [-0.4, -0.2) is 49.5 Å². The van der Waals surface area contributed by atoms with Gasteiger partial charge in [-0.3, -0.25) is 0 Å². The van der Waals surface area contributed by atoms with Gasteiger partial charge in [-0.1, -0.05) is 35.9 Å². The third-order valence-electron chi connectivity index (χ3n) is 4.58. The first kappa shape index (κ1) is 28.2. The summed E-state index contributed by atoms with van der Waals surface area (Å²) in [6.45, 7) is 14.2. The van der Waals surface area contributed by atoms with Crippen LogP contribution in [0.25, 0.3) is 11.2 Å². The number of ether oxygens (including phenoxy) is 3. The summed E-state index contributed by atoms with van der Waals surface area (Å²) in [5.41, 5.74) is -0.674. The third-order valence-corrected chi connectivity index (χ3v) is 5.43. The fourth-order valence-corrected chi connectivity index (χ4v) is 3.58. The van der Waals surface area contributed by atoms with Crippen LogP contribution in [0, 0.1) is 0 Å². The number of imide groups is 1. The number of fused-ring (bicyclic) bond motifs is 1. The highest BCUT2D eigenvalue weighted by Crippen LogP contribution is 2.35. The van der Waals surface area contributed by atoms with E-state index in [0.29, 0.717) is 31.9 Å². The van der Waals surface area contributed by atoms with E-state index in [1.807, 2.05) is 0 Å². The number of carbonyl (C=O) groups excluding carboxylic acids is 2. The second kappa shape index (κ2) is 10.9. The van der Waals surface area contributed by atoms with Crippen LogP contribution in [0.4, 0.5) is 15.4 Å². The van der Waals surface area contributed by atoms with E-state index in [1.54, 1.807) is 64.3 Å². The van der Waals surface area contributed by atoms with Crippen molar-refractivity contribution in [3.63, 3.8) is 0 Å². The lowest BCUT2D eigenvalue weighted by atomic mass is 10.2. The van der Waals surface area contributed by atoms with Gasteiger partial charge in [0.15, 0.2) is 17.0 Å². The molecule has 3 rings (SSSR count). The molecule has 0 unspecified atom stereocenters. The molecule has 2 heterocycles. The second-order valence-corrected chi connectivity index (χ2v) is 10.8. The van der Waals surface area contributed by atoms with Crippen LogP contribution in [0.15, 0.2) is 37.4 Å². The van der Waals surface area contributed by atoms with E-state index in [0.717, 1.165) is 0 Å². The number of carbonyl (C=O) groups is 2. The molecule has 0 bridgehead atoms. The molecule has 37 heavy (non-hydrogen) atoms. The molecule has 0 aliphatic heterocycles. The summed E-state index contributed by atoms with van der Waals surface area (Å²) in [6.07, 6.45) is 2.38. The highest BCUT2D eigenvalue weighted by molar-refractivity contribution is 6.42. The quantitative estimate of drug-likeness (QED) is 0.324. The minimum absolute atomic E-state index is 0.0902. The van der Waals surface area contributed by atoms with E-state index in [1.165, 1.54) is 12.7 Å². The van der Waals surface area contributed by atoms with Crippen molar-refractivity contribution in [3.05, 3.63) is 53.1 Å². The van der Waals surface area contributed by atoms with Gasteiger partial charge in [-0.2, -0.15) is 4.90 Å². The predicted octanol–water partition coefficient (Wildman–Crippen LogP) is 6.42. The van der Waals surface area contributed by atoms with Gasteiger partial charge in [-0.15, -0.1) is 0 Å². The fourth-order valence-electron chi connectivity index (χ4n) is 3.19. The number of rotatable bonds is 6. The van der Waals surface area contributed by atoms with Crippen molar-refractivity contribution in [2.75, 3.05) is 11.5 Å². The largest absolute Gasteiger partial charge is 0.489 e. The number of benzene rings is 1. The van der Waals surface area contributed by atoms with Crippen LogP contribution in [0.3, 0.4) is 0 Å². The summed E-state index contributed by atoms with van der Waals surface area (Å²) in [7, 11) is 0. The molecular weight excluding hydrogens is 521 g/mol. The first-order chi connectivity index (χ1) is 17.2. The molecule has 10 nitrogen and oxygen atoms in total. The summed E-state index contributed by atoms with van der Waals surface area (Å²) < 4.78 is 18.3. The predicted molar refractivity (Wildman–Crippen MR) is 142 cm³/mol. The molecule has 0 radical (unpaired) electrons. The summed E-state index contributed by atoms with van der Waals surface area (Å²) in [4.78, 5) is 39.8. The average Bonchev–Trinajstić information content (AvgIpc) is 3.18. The molecule has 2 amide bonds. The van der Waals surface area contributed by atoms with Crippen LogP contribution < -0.4 is 9.64 Å². The zero-order chi connectivity index (χ0) is 27.5. The number of anilines is 1. The van der Waals surface area contributed by atoms with Gasteiger partial charge < -0.3 is 18.8 Å². The van der Waals surface area contributed by atoms with Crippen molar-refractivity contribution < 1.29 is 23.8 Å². The first-order valence-electron chi connectivity index (χ1n) is 11.3. The van der Waals surface area contributed by atoms with Crippen molar-refractivity contribution >= 4 is 52.4 Å². The zero-order valence-corrected chi connectivity index (χ0v) is 23.1. The lowest BCUT2D eigenvalue weighted by molar-refractivity contribution is 0.0429. The van der Waals surface area contributed by atoms with Crippen molar-refractivity contribution in [3.8, 4) is 5.75 Å². The Balaban J connectivity index is 2.09. The minimum Gasteiger partial charge on any atom is -0.489 e. The van der Waals surface area contributed by atoms with Gasteiger partial charge in [-0.25, -0.2) is 24.5 Å². The lowest BCUT2D eigenvalue weighted by Gasteiger charge is -2.28. The Morgan fingerprint density at radius 3 is 2.22 bits per heavy atom. The summed E-state index contributed by atoms with van der Waals surface area (Å²) in [5.74, 6) is 0.419. The fraction of sp³-hybridized carbons (Fsp3) is 0.400. The number of amides is 2. The topological polar surface area (TPSA) is 109 Å². The van der Waals surface area contributed by atoms with Crippen LogP contribution in [0.2, 0.25) is 10.0 Å². The van der Waals surface area contributed by atoms with Gasteiger partial charge in [0.2, 0.25) is 0 Å². The standard InChI is InChI=1S/C25H29Cl2N5O5/c1-8-11-35-17-10-9-16(26)18(27)15(17)12-31-14-30-19-20(31)28-13-29-21(19)32(22(33)36-24(2,3)4)23(34)37-25(5,6)7/h8-10,13-14H,1,11-12H2,2-7H3. The number of halogens is 2. The van der Waals surface area contributed by atoms with Crippen LogP contribution in [0.1, 0.15) is 47.1 Å². The Morgan fingerprint density at radius 2 is 1.65 bits per heavy atom. The van der Waals surface area contributed by atoms with Gasteiger partial charge in [0.05, 0.1) is 22.9 Å². The molecular formula is C25H29Cl2N5O5. The molecule has 12 heteroatoms. The first-order valence-corrected chi connectivity index (χ1v) is 12.1. The van der Waals surface area contributed by atoms with Gasteiger partial charge in [0, 0.05) is 5.56 Å². The van der Waals surface area contributed by atoms with Crippen molar-refractivity contribution in [1.29, 1.82) is 0 Å². The molecule has 0 N–H and O–H groups in total. The van der Waals surface area contributed by atoms with E-state index in [-0.39, 0.29) is 24.5 Å². The van der Waals surface area contributed by atoms with Crippen molar-refractivity contribution in [2.45, 2.75) is 59.3 Å². The molecule has 0 aliphatic carbocycles. The maximum Gasteiger partial charge on any atom is 0.425 e. The smallest absolute Gasteiger partial charge is 0.425 e. The number of hydrogen-bond donors (Lipinski definition) is 0. The third kappa shape index (κ3) is 6.90. The van der Waals surface area contributed by atoms with Crippen LogP contribution in [-0.2, 0) is 16.0 Å². The Kier molecular flexibility index (Phi) is 8.34. The van der Waals surface area contributed by atoms with Crippen LogP contribution in [0.5, 0.6) is 5.75 Å². The number of nitrogens with zero attached hydrogens (tertiary/aromatic N) is 5. The molecule has 0 saturated carbocycles. The average molecular weight is 550 g/mol. The van der Waals surface area contributed by atoms with Gasteiger partial charge in [-0.05, 0) is 53.7 Å². The Hall–Kier alpha value is -3.37. The van der Waals surface area contributed by atoms with Crippen molar-refractivity contribution in [1.82, 2.24) is 19.5 Å². The van der Waals surface area contributed by atoms with Gasteiger partial charge in [0.1, 0.15) is 29.9 Å². The molecule has 3 aromatic rings. The molecule has 0 saturated heterocycles. The van der Waals surface area contributed by atoms with E-state index >= 15 is 0 Å². The van der Waals surface area contributed by atoms with E-state index in [4.69, 9.17) is 37.4 Å². The summed E-state index contributed by atoms with van der Waals surface area (Å²) in [6, 6.07) is 3.34. The minimum atomic E-state index is -0.964. The molecule has 1 aromatic carbocycles. The molecule has 0 atom stereocenters. The molecule has 198 valence electrons. The monoisotopic (exact) mass is 549 g/mol. The van der Waals surface area contributed by atoms with E-state index < -0.39 is 23.4 Å². The normalized spacial score (nSPS) is 11.8. The molecule has 0 aliphatic rings. The van der Waals surface area contributed by atoms with Crippen molar-refractivity contribution in [2.24, 2.45) is 0 Å². The maximum absolute atomic E-state index is 13.1. The molecule has 0 fully saturated rings. The SMILES string of the molecule is C=CCOc1ccc(Cl)c(Cl)c1Cn1cnc2c(N(C(=O)OC(C)(C)C)C(=O)OC(C)(C)C)ncnc21. The Bertz CT molecular complexity index is 1300. The highest BCUT2D eigenvalue weighted by atomic mass is 35.5. The molecule has 2 aromatic heterocycles. The maximum atomic E-state index is 13.1. The summed E-state index contributed by atoms with van der Waals surface area (Å²) in [5, 5.41) is 0.659. The van der Waals surface area contributed by atoms with Gasteiger partial charge in [0.25, 0.3) is 0 Å². The zero-order valence-electron chi connectivity index (χ0n) is 21.5. The Morgan fingerprint density at radius 1 is 1.03 bits per heavy atom. The Labute approximate surface area is 225 Å². The second-order valence-electron chi connectivity index (χ2n) is 9.98.